The summed E-state index contributed by atoms with van der Waals surface area (Å²) in [5, 5.41) is 3.25. The van der Waals surface area contributed by atoms with Crippen LogP contribution in [0, 0.1) is 0 Å². The number of benzene rings is 1. The number of nitrogens with one attached hydrogen (secondary N) is 1. The lowest BCUT2D eigenvalue weighted by Gasteiger charge is -2.36. The van der Waals surface area contributed by atoms with Gasteiger partial charge in [0.1, 0.15) is 0 Å². The van der Waals surface area contributed by atoms with Gasteiger partial charge in [0.25, 0.3) is 0 Å². The summed E-state index contributed by atoms with van der Waals surface area (Å²) >= 11 is 3.56. The van der Waals surface area contributed by atoms with Gasteiger partial charge in [-0.05, 0) is 37.4 Å². The van der Waals surface area contributed by atoms with Crippen molar-refractivity contribution in [3.63, 3.8) is 0 Å². The monoisotopic (exact) mass is 311 g/mol. The van der Waals surface area contributed by atoms with E-state index in [0.29, 0.717) is 0 Å². The van der Waals surface area contributed by atoms with E-state index in [9.17, 15) is 0 Å². The van der Waals surface area contributed by atoms with Gasteiger partial charge in [0.2, 0.25) is 0 Å². The first-order valence-electron chi connectivity index (χ1n) is 6.65. The molecule has 0 aromatic heterocycles. The SMILES string of the molecule is CCN1CCN(c2ccc(Br)cc2CNC)CC1. The van der Waals surface area contributed by atoms with E-state index in [0.717, 1.165) is 30.7 Å². The Morgan fingerprint density at radius 2 is 1.94 bits per heavy atom. The Kier molecular flexibility index (Phi) is 5.03. The molecule has 0 atom stereocenters. The smallest absolute Gasteiger partial charge is 0.0413 e. The molecule has 0 bridgehead atoms. The van der Waals surface area contributed by atoms with E-state index in [4.69, 9.17) is 0 Å². The molecular formula is C14H22BrN3. The van der Waals surface area contributed by atoms with Gasteiger partial charge in [0.15, 0.2) is 0 Å². The predicted molar refractivity (Wildman–Crippen MR) is 81.2 cm³/mol. The van der Waals surface area contributed by atoms with E-state index in [1.54, 1.807) is 0 Å². The van der Waals surface area contributed by atoms with Crippen LogP contribution >= 0.6 is 15.9 Å². The van der Waals surface area contributed by atoms with Crippen LogP contribution in [-0.4, -0.2) is 44.7 Å². The van der Waals surface area contributed by atoms with E-state index < -0.39 is 0 Å². The number of halogens is 1. The van der Waals surface area contributed by atoms with Crippen LogP contribution in [0.25, 0.3) is 0 Å². The third kappa shape index (κ3) is 3.25. The standard InChI is InChI=1S/C14H22BrN3/c1-3-17-6-8-18(9-7-17)14-5-4-13(15)10-12(14)11-16-2/h4-5,10,16H,3,6-9,11H2,1-2H3. The molecule has 0 spiro atoms. The van der Waals surface area contributed by atoms with Gasteiger partial charge in [0.05, 0.1) is 0 Å². The lowest BCUT2D eigenvalue weighted by Crippen LogP contribution is -2.46. The third-order valence-electron chi connectivity index (χ3n) is 3.57. The van der Waals surface area contributed by atoms with E-state index in [-0.39, 0.29) is 0 Å². The Morgan fingerprint density at radius 1 is 1.22 bits per heavy atom. The van der Waals surface area contributed by atoms with Gasteiger partial charge in [0, 0.05) is 42.9 Å². The number of rotatable bonds is 4. The zero-order valence-corrected chi connectivity index (χ0v) is 12.8. The molecule has 0 radical (unpaired) electrons. The molecule has 0 saturated carbocycles. The maximum atomic E-state index is 3.56. The van der Waals surface area contributed by atoms with Gasteiger partial charge < -0.3 is 15.1 Å². The molecule has 1 aliphatic heterocycles. The minimum atomic E-state index is 0.919. The molecule has 0 amide bonds. The summed E-state index contributed by atoms with van der Waals surface area (Å²) < 4.78 is 1.16. The van der Waals surface area contributed by atoms with Gasteiger partial charge in [-0.25, -0.2) is 0 Å². The van der Waals surface area contributed by atoms with Crippen molar-refractivity contribution < 1.29 is 0 Å². The number of nitrogens with zero attached hydrogens (tertiary/aromatic N) is 2. The average Bonchev–Trinajstić information content (AvgIpc) is 2.40. The first-order valence-corrected chi connectivity index (χ1v) is 7.44. The highest BCUT2D eigenvalue weighted by Crippen LogP contribution is 2.25. The van der Waals surface area contributed by atoms with Crippen molar-refractivity contribution in [2.45, 2.75) is 13.5 Å². The highest BCUT2D eigenvalue weighted by Gasteiger charge is 2.17. The van der Waals surface area contributed by atoms with Crippen molar-refractivity contribution in [3.05, 3.63) is 28.2 Å². The molecule has 3 nitrogen and oxygen atoms in total. The number of hydrogen-bond donors (Lipinski definition) is 1. The number of anilines is 1. The van der Waals surface area contributed by atoms with E-state index >= 15 is 0 Å². The lowest BCUT2D eigenvalue weighted by atomic mass is 10.1. The van der Waals surface area contributed by atoms with E-state index in [1.165, 1.54) is 24.3 Å². The van der Waals surface area contributed by atoms with Gasteiger partial charge in [-0.2, -0.15) is 0 Å². The van der Waals surface area contributed by atoms with Crippen LogP contribution in [-0.2, 0) is 6.54 Å². The summed E-state index contributed by atoms with van der Waals surface area (Å²) in [5.41, 5.74) is 2.75. The van der Waals surface area contributed by atoms with Gasteiger partial charge in [-0.15, -0.1) is 0 Å². The van der Waals surface area contributed by atoms with Gasteiger partial charge in [-0.3, -0.25) is 0 Å². The third-order valence-corrected chi connectivity index (χ3v) is 4.06. The van der Waals surface area contributed by atoms with Crippen molar-refractivity contribution in [2.75, 3.05) is 44.7 Å². The molecule has 18 heavy (non-hydrogen) atoms. The molecule has 1 N–H and O–H groups in total. The summed E-state index contributed by atoms with van der Waals surface area (Å²) in [7, 11) is 2.00. The molecule has 1 aliphatic rings. The molecule has 0 unspecified atom stereocenters. The summed E-state index contributed by atoms with van der Waals surface area (Å²) in [4.78, 5) is 5.01. The second-order valence-electron chi connectivity index (χ2n) is 4.72. The fourth-order valence-corrected chi connectivity index (χ4v) is 2.91. The molecule has 1 fully saturated rings. The molecule has 1 aromatic carbocycles. The fourth-order valence-electron chi connectivity index (χ4n) is 2.50. The molecule has 2 rings (SSSR count). The topological polar surface area (TPSA) is 18.5 Å². The largest absolute Gasteiger partial charge is 0.369 e. The second-order valence-corrected chi connectivity index (χ2v) is 5.64. The van der Waals surface area contributed by atoms with Crippen LogP contribution in [0.4, 0.5) is 5.69 Å². The Hall–Kier alpha value is -0.580. The van der Waals surface area contributed by atoms with E-state index in [1.807, 2.05) is 7.05 Å². The summed E-state index contributed by atoms with van der Waals surface area (Å²) in [6.45, 7) is 8.93. The fraction of sp³-hybridized carbons (Fsp3) is 0.571. The molecule has 1 heterocycles. The number of piperazine rings is 1. The van der Waals surface area contributed by atoms with Crippen molar-refractivity contribution >= 4 is 21.6 Å². The highest BCUT2D eigenvalue weighted by molar-refractivity contribution is 9.10. The van der Waals surface area contributed by atoms with Crippen LogP contribution < -0.4 is 10.2 Å². The van der Waals surface area contributed by atoms with Crippen LogP contribution in [0.3, 0.4) is 0 Å². The van der Waals surface area contributed by atoms with Gasteiger partial charge >= 0.3 is 0 Å². The first kappa shape index (κ1) is 13.8. The normalized spacial score (nSPS) is 17.2. The highest BCUT2D eigenvalue weighted by atomic mass is 79.9. The Labute approximate surface area is 118 Å². The van der Waals surface area contributed by atoms with Crippen LogP contribution in [0.15, 0.2) is 22.7 Å². The molecule has 4 heteroatoms. The molecule has 0 aliphatic carbocycles. The Morgan fingerprint density at radius 3 is 2.56 bits per heavy atom. The van der Waals surface area contributed by atoms with E-state index in [2.05, 4.69) is 56.2 Å². The predicted octanol–water partition coefficient (Wildman–Crippen LogP) is 2.31. The van der Waals surface area contributed by atoms with Gasteiger partial charge in [-0.1, -0.05) is 22.9 Å². The van der Waals surface area contributed by atoms with Crippen molar-refractivity contribution in [1.82, 2.24) is 10.2 Å². The lowest BCUT2D eigenvalue weighted by molar-refractivity contribution is 0.271. The summed E-state index contributed by atoms with van der Waals surface area (Å²) in [6, 6.07) is 6.59. The minimum Gasteiger partial charge on any atom is -0.369 e. The second kappa shape index (κ2) is 6.55. The Bertz CT molecular complexity index is 387. The average molecular weight is 312 g/mol. The number of hydrogen-bond acceptors (Lipinski definition) is 3. The zero-order valence-electron chi connectivity index (χ0n) is 11.2. The van der Waals surface area contributed by atoms with Crippen molar-refractivity contribution in [2.24, 2.45) is 0 Å². The quantitative estimate of drug-likeness (QED) is 0.920. The van der Waals surface area contributed by atoms with Crippen LogP contribution in [0.1, 0.15) is 12.5 Å². The van der Waals surface area contributed by atoms with Crippen LogP contribution in [0.5, 0.6) is 0 Å². The summed E-state index contributed by atoms with van der Waals surface area (Å²) in [6.07, 6.45) is 0. The summed E-state index contributed by atoms with van der Waals surface area (Å²) in [5.74, 6) is 0. The molecule has 1 aromatic rings. The van der Waals surface area contributed by atoms with Crippen molar-refractivity contribution in [1.29, 1.82) is 0 Å². The first-order chi connectivity index (χ1) is 8.74. The minimum absolute atomic E-state index is 0.919. The molecular weight excluding hydrogens is 290 g/mol. The van der Waals surface area contributed by atoms with Crippen LogP contribution in [0.2, 0.25) is 0 Å². The molecule has 100 valence electrons. The molecule has 1 saturated heterocycles. The maximum Gasteiger partial charge on any atom is 0.0413 e. The maximum absolute atomic E-state index is 3.56. The van der Waals surface area contributed by atoms with Crippen molar-refractivity contribution in [3.8, 4) is 0 Å². The zero-order chi connectivity index (χ0) is 13.0. The number of likely N-dealkylation sites (N-methyl/N-ethyl adjacent to an activating group) is 1. The Balaban J connectivity index is 2.13.